The third-order valence-electron chi connectivity index (χ3n) is 4.95. The van der Waals surface area contributed by atoms with E-state index in [-0.39, 0.29) is 12.5 Å². The first-order chi connectivity index (χ1) is 13.5. The van der Waals surface area contributed by atoms with Crippen LogP contribution < -0.4 is 16.0 Å². The molecule has 0 bridgehead atoms. The SMILES string of the molecule is CN1CCN(c2ccc(Cl)cc2NC(=O)Cn2c(=O)oc3ccccc32)CC1. The number of likely N-dealkylation sites (N-methyl/N-ethyl adjacent to an activating group) is 1. The number of nitrogens with zero attached hydrogens (tertiary/aromatic N) is 3. The molecule has 4 rings (SSSR count). The maximum Gasteiger partial charge on any atom is 0.420 e. The number of oxazole rings is 1. The molecule has 2 heterocycles. The van der Waals surface area contributed by atoms with Gasteiger partial charge in [0.1, 0.15) is 6.54 Å². The number of amides is 1. The van der Waals surface area contributed by atoms with Crippen molar-refractivity contribution in [2.24, 2.45) is 0 Å². The van der Waals surface area contributed by atoms with Crippen LogP contribution in [0.5, 0.6) is 0 Å². The van der Waals surface area contributed by atoms with Gasteiger partial charge in [-0.15, -0.1) is 0 Å². The molecule has 1 aliphatic heterocycles. The quantitative estimate of drug-likeness (QED) is 0.729. The van der Waals surface area contributed by atoms with Gasteiger partial charge in [-0.1, -0.05) is 23.7 Å². The van der Waals surface area contributed by atoms with Crippen molar-refractivity contribution in [1.29, 1.82) is 0 Å². The third kappa shape index (κ3) is 3.76. The van der Waals surface area contributed by atoms with Crippen molar-refractivity contribution >= 4 is 40.0 Å². The molecule has 7 nitrogen and oxygen atoms in total. The van der Waals surface area contributed by atoms with Gasteiger partial charge in [-0.25, -0.2) is 4.79 Å². The molecule has 146 valence electrons. The Morgan fingerprint density at radius 3 is 2.68 bits per heavy atom. The molecule has 0 atom stereocenters. The molecule has 1 aliphatic rings. The Morgan fingerprint density at radius 1 is 1.14 bits per heavy atom. The average Bonchev–Trinajstić information content (AvgIpc) is 2.98. The minimum absolute atomic E-state index is 0.134. The molecule has 3 aromatic rings. The highest BCUT2D eigenvalue weighted by Gasteiger charge is 2.19. The van der Waals surface area contributed by atoms with E-state index in [0.717, 1.165) is 31.9 Å². The molecule has 8 heteroatoms. The summed E-state index contributed by atoms with van der Waals surface area (Å²) in [5.74, 6) is -0.868. The van der Waals surface area contributed by atoms with E-state index >= 15 is 0 Å². The summed E-state index contributed by atoms with van der Waals surface area (Å²) in [6.45, 7) is 3.50. The number of nitrogens with one attached hydrogen (secondary N) is 1. The first-order valence-corrected chi connectivity index (χ1v) is 9.50. The summed E-state index contributed by atoms with van der Waals surface area (Å²) < 4.78 is 6.52. The van der Waals surface area contributed by atoms with Gasteiger partial charge in [0.25, 0.3) is 0 Å². The number of halogens is 1. The van der Waals surface area contributed by atoms with Crippen LogP contribution in [0.2, 0.25) is 5.02 Å². The van der Waals surface area contributed by atoms with Gasteiger partial charge in [-0.3, -0.25) is 9.36 Å². The number of piperazine rings is 1. The lowest BCUT2D eigenvalue weighted by molar-refractivity contribution is -0.116. The summed E-state index contributed by atoms with van der Waals surface area (Å²) in [5, 5.41) is 3.45. The van der Waals surface area contributed by atoms with E-state index in [4.69, 9.17) is 16.0 Å². The van der Waals surface area contributed by atoms with Crippen LogP contribution in [-0.2, 0) is 11.3 Å². The van der Waals surface area contributed by atoms with Crippen molar-refractivity contribution in [2.75, 3.05) is 43.4 Å². The maximum atomic E-state index is 12.7. The molecule has 0 saturated carbocycles. The van der Waals surface area contributed by atoms with Crippen molar-refractivity contribution < 1.29 is 9.21 Å². The summed E-state index contributed by atoms with van der Waals surface area (Å²) in [7, 11) is 2.09. The Morgan fingerprint density at radius 2 is 1.89 bits per heavy atom. The van der Waals surface area contributed by atoms with E-state index in [9.17, 15) is 9.59 Å². The molecule has 1 fully saturated rings. The number of hydrogen-bond acceptors (Lipinski definition) is 5. The summed E-state index contributed by atoms with van der Waals surface area (Å²) >= 11 is 6.16. The highest BCUT2D eigenvalue weighted by Crippen LogP contribution is 2.30. The monoisotopic (exact) mass is 400 g/mol. The van der Waals surface area contributed by atoms with Crippen LogP contribution in [0.3, 0.4) is 0 Å². The van der Waals surface area contributed by atoms with Crippen molar-refractivity contribution in [1.82, 2.24) is 9.47 Å². The molecule has 0 spiro atoms. The number of aromatic nitrogens is 1. The second-order valence-corrected chi connectivity index (χ2v) is 7.36. The van der Waals surface area contributed by atoms with Crippen molar-refractivity contribution in [3.8, 4) is 0 Å². The highest BCUT2D eigenvalue weighted by molar-refractivity contribution is 6.31. The van der Waals surface area contributed by atoms with Gasteiger partial charge in [-0.05, 0) is 37.4 Å². The Bertz CT molecular complexity index is 1070. The second kappa shape index (κ2) is 7.69. The van der Waals surface area contributed by atoms with Crippen molar-refractivity contribution in [3.63, 3.8) is 0 Å². The van der Waals surface area contributed by atoms with Gasteiger partial charge in [0, 0.05) is 31.2 Å². The Kier molecular flexibility index (Phi) is 5.11. The van der Waals surface area contributed by atoms with Crippen molar-refractivity contribution in [3.05, 3.63) is 58.0 Å². The lowest BCUT2D eigenvalue weighted by Crippen LogP contribution is -2.44. The fourth-order valence-electron chi connectivity index (χ4n) is 3.43. The van der Waals surface area contributed by atoms with E-state index in [2.05, 4.69) is 22.2 Å². The number of fused-ring (bicyclic) bond motifs is 1. The van der Waals surface area contributed by atoms with Gasteiger partial charge in [-0.2, -0.15) is 0 Å². The van der Waals surface area contributed by atoms with Gasteiger partial charge < -0.3 is 19.5 Å². The number of rotatable bonds is 4. The molecular weight excluding hydrogens is 380 g/mol. The number of benzene rings is 2. The maximum absolute atomic E-state index is 12.7. The van der Waals surface area contributed by atoms with Gasteiger partial charge >= 0.3 is 5.76 Å². The minimum Gasteiger partial charge on any atom is -0.408 e. The largest absolute Gasteiger partial charge is 0.420 e. The van der Waals surface area contributed by atoms with Crippen LogP contribution in [0.15, 0.2) is 51.7 Å². The Labute approximate surface area is 167 Å². The summed E-state index contributed by atoms with van der Waals surface area (Å²) in [6, 6.07) is 12.5. The van der Waals surface area contributed by atoms with Crippen LogP contribution in [-0.4, -0.2) is 48.6 Å². The normalized spacial score (nSPS) is 15.1. The van der Waals surface area contributed by atoms with E-state index in [1.54, 1.807) is 30.3 Å². The van der Waals surface area contributed by atoms with Crippen LogP contribution in [0.25, 0.3) is 11.1 Å². The molecule has 1 saturated heterocycles. The smallest absolute Gasteiger partial charge is 0.408 e. The third-order valence-corrected chi connectivity index (χ3v) is 5.19. The fraction of sp³-hybridized carbons (Fsp3) is 0.300. The van der Waals surface area contributed by atoms with Gasteiger partial charge in [0.15, 0.2) is 5.58 Å². The predicted molar refractivity (Wildman–Crippen MR) is 110 cm³/mol. The molecule has 0 radical (unpaired) electrons. The van der Waals surface area contributed by atoms with E-state index in [1.165, 1.54) is 4.57 Å². The zero-order valence-corrected chi connectivity index (χ0v) is 16.3. The fourth-order valence-corrected chi connectivity index (χ4v) is 3.60. The molecule has 1 aromatic heterocycles. The zero-order valence-electron chi connectivity index (χ0n) is 15.5. The number of carbonyl (C=O) groups excluding carboxylic acids is 1. The lowest BCUT2D eigenvalue weighted by Gasteiger charge is -2.35. The Balaban J connectivity index is 1.56. The molecule has 28 heavy (non-hydrogen) atoms. The molecular formula is C20H21ClN4O3. The number of carbonyl (C=O) groups is 1. The van der Waals surface area contributed by atoms with E-state index in [0.29, 0.717) is 21.8 Å². The second-order valence-electron chi connectivity index (χ2n) is 6.92. The topological polar surface area (TPSA) is 70.7 Å². The van der Waals surface area contributed by atoms with Crippen LogP contribution >= 0.6 is 11.6 Å². The molecule has 1 N–H and O–H groups in total. The Hall–Kier alpha value is -2.77. The number of para-hydroxylation sites is 2. The summed E-state index contributed by atoms with van der Waals surface area (Å²) in [4.78, 5) is 29.3. The van der Waals surface area contributed by atoms with Crippen LogP contribution in [0, 0.1) is 0 Å². The highest BCUT2D eigenvalue weighted by atomic mass is 35.5. The molecule has 0 aliphatic carbocycles. The van der Waals surface area contributed by atoms with Crippen LogP contribution in [0.1, 0.15) is 0 Å². The first kappa shape index (κ1) is 18.6. The molecule has 2 aromatic carbocycles. The van der Waals surface area contributed by atoms with Gasteiger partial charge in [0.05, 0.1) is 16.9 Å². The minimum atomic E-state index is -0.554. The zero-order chi connectivity index (χ0) is 19.7. The predicted octanol–water partition coefficient (Wildman–Crippen LogP) is 2.64. The van der Waals surface area contributed by atoms with Crippen molar-refractivity contribution in [2.45, 2.75) is 6.54 Å². The standard InChI is InChI=1S/C20H21ClN4O3/c1-23-8-10-24(11-9-23)16-7-6-14(21)12-15(16)22-19(26)13-25-17-4-2-3-5-18(17)28-20(25)27/h2-7,12H,8-11,13H2,1H3,(H,22,26). The first-order valence-electron chi connectivity index (χ1n) is 9.12. The average molecular weight is 401 g/mol. The van der Waals surface area contributed by atoms with E-state index < -0.39 is 5.76 Å². The molecule has 1 amide bonds. The van der Waals surface area contributed by atoms with Crippen LogP contribution in [0.4, 0.5) is 11.4 Å². The number of anilines is 2. The number of hydrogen-bond donors (Lipinski definition) is 1. The van der Waals surface area contributed by atoms with Gasteiger partial charge in [0.2, 0.25) is 5.91 Å². The van der Waals surface area contributed by atoms with E-state index in [1.807, 2.05) is 12.1 Å². The lowest BCUT2D eigenvalue weighted by atomic mass is 10.2. The molecule has 0 unspecified atom stereocenters. The summed E-state index contributed by atoms with van der Waals surface area (Å²) in [6.07, 6.45) is 0. The summed E-state index contributed by atoms with van der Waals surface area (Å²) in [5.41, 5.74) is 2.62.